The van der Waals surface area contributed by atoms with Crippen LogP contribution in [0.5, 0.6) is 0 Å². The van der Waals surface area contributed by atoms with E-state index in [1.165, 1.54) is 11.8 Å². The van der Waals surface area contributed by atoms with Gasteiger partial charge in [0, 0.05) is 12.4 Å². The van der Waals surface area contributed by atoms with E-state index >= 15 is 0 Å². The Bertz CT molecular complexity index is 493. The lowest BCUT2D eigenvalue weighted by molar-refractivity contribution is 0.926. The molecule has 1 aromatic heterocycles. The standard InChI is InChI=1S/C13H11N3S/c14-8-7-12(11-5-2-1-3-6-11)17-13-15-9-4-10-16-13/h1-6,9-10,12H,7H2. The number of rotatable bonds is 4. The molecule has 0 N–H and O–H groups in total. The predicted molar refractivity (Wildman–Crippen MR) is 67.3 cm³/mol. The van der Waals surface area contributed by atoms with E-state index in [0.29, 0.717) is 11.6 Å². The van der Waals surface area contributed by atoms with E-state index < -0.39 is 0 Å². The Hall–Kier alpha value is -1.86. The molecule has 2 rings (SSSR count). The summed E-state index contributed by atoms with van der Waals surface area (Å²) in [7, 11) is 0. The van der Waals surface area contributed by atoms with Crippen LogP contribution in [0.3, 0.4) is 0 Å². The lowest BCUT2D eigenvalue weighted by atomic mass is 10.1. The summed E-state index contributed by atoms with van der Waals surface area (Å²) in [6, 6.07) is 14.0. The first kappa shape index (κ1) is 11.6. The summed E-state index contributed by atoms with van der Waals surface area (Å²) in [5.41, 5.74) is 1.13. The highest BCUT2D eigenvalue weighted by Crippen LogP contribution is 2.35. The van der Waals surface area contributed by atoms with Gasteiger partial charge in [-0.3, -0.25) is 0 Å². The summed E-state index contributed by atoms with van der Waals surface area (Å²) in [4.78, 5) is 8.34. The van der Waals surface area contributed by atoms with Gasteiger partial charge in [-0.25, -0.2) is 9.97 Å². The van der Waals surface area contributed by atoms with E-state index in [0.717, 1.165) is 5.56 Å². The number of hydrogen-bond donors (Lipinski definition) is 0. The van der Waals surface area contributed by atoms with Crippen molar-refractivity contribution in [3.63, 3.8) is 0 Å². The smallest absolute Gasteiger partial charge is 0.188 e. The van der Waals surface area contributed by atoms with Gasteiger partial charge in [-0.1, -0.05) is 42.1 Å². The molecular formula is C13H11N3S. The minimum absolute atomic E-state index is 0.0867. The maximum absolute atomic E-state index is 8.87. The molecule has 2 aromatic rings. The molecule has 1 heterocycles. The van der Waals surface area contributed by atoms with Crippen LogP contribution < -0.4 is 0 Å². The van der Waals surface area contributed by atoms with Gasteiger partial charge < -0.3 is 0 Å². The molecule has 3 nitrogen and oxygen atoms in total. The van der Waals surface area contributed by atoms with Gasteiger partial charge >= 0.3 is 0 Å². The Labute approximate surface area is 105 Å². The fourth-order valence-corrected chi connectivity index (χ4v) is 2.40. The molecule has 1 aromatic carbocycles. The second-order valence-electron chi connectivity index (χ2n) is 3.41. The molecule has 0 aliphatic carbocycles. The van der Waals surface area contributed by atoms with Gasteiger partial charge in [0.2, 0.25) is 0 Å². The van der Waals surface area contributed by atoms with Gasteiger partial charge in [0.05, 0.1) is 17.7 Å². The van der Waals surface area contributed by atoms with Crippen molar-refractivity contribution in [3.05, 3.63) is 54.4 Å². The average molecular weight is 241 g/mol. The van der Waals surface area contributed by atoms with Gasteiger partial charge in [-0.15, -0.1) is 0 Å². The van der Waals surface area contributed by atoms with Crippen molar-refractivity contribution in [2.75, 3.05) is 0 Å². The van der Waals surface area contributed by atoms with Crippen LogP contribution in [0.4, 0.5) is 0 Å². The van der Waals surface area contributed by atoms with E-state index in [2.05, 4.69) is 16.0 Å². The molecule has 0 radical (unpaired) electrons. The molecule has 0 spiro atoms. The first-order chi connectivity index (χ1) is 8.40. The quantitative estimate of drug-likeness (QED) is 0.609. The first-order valence-electron chi connectivity index (χ1n) is 5.25. The van der Waals surface area contributed by atoms with Crippen molar-refractivity contribution in [3.8, 4) is 6.07 Å². The summed E-state index contributed by atoms with van der Waals surface area (Å²) in [5.74, 6) is 0. The van der Waals surface area contributed by atoms with E-state index in [4.69, 9.17) is 5.26 Å². The first-order valence-corrected chi connectivity index (χ1v) is 6.13. The van der Waals surface area contributed by atoms with Crippen LogP contribution in [-0.4, -0.2) is 9.97 Å². The molecule has 1 atom stereocenters. The zero-order valence-electron chi connectivity index (χ0n) is 9.15. The summed E-state index contributed by atoms with van der Waals surface area (Å²) in [6.07, 6.45) is 3.88. The van der Waals surface area contributed by atoms with Crippen LogP contribution in [-0.2, 0) is 0 Å². The Morgan fingerprint density at radius 3 is 2.47 bits per heavy atom. The van der Waals surface area contributed by atoms with Crippen molar-refractivity contribution in [1.29, 1.82) is 5.26 Å². The number of hydrogen-bond acceptors (Lipinski definition) is 4. The Balaban J connectivity index is 2.17. The molecule has 0 saturated heterocycles. The van der Waals surface area contributed by atoms with Gasteiger partial charge in [0.25, 0.3) is 0 Å². The van der Waals surface area contributed by atoms with Crippen molar-refractivity contribution >= 4 is 11.8 Å². The normalized spacial score (nSPS) is 11.7. The Kier molecular flexibility index (Phi) is 4.11. The minimum Gasteiger partial charge on any atom is -0.231 e. The average Bonchev–Trinajstić information content (AvgIpc) is 2.40. The molecule has 4 heteroatoms. The lowest BCUT2D eigenvalue weighted by Gasteiger charge is -2.11. The molecule has 17 heavy (non-hydrogen) atoms. The van der Waals surface area contributed by atoms with Crippen molar-refractivity contribution in [2.24, 2.45) is 0 Å². The molecule has 84 valence electrons. The van der Waals surface area contributed by atoms with Crippen molar-refractivity contribution in [2.45, 2.75) is 16.8 Å². The summed E-state index contributed by atoms with van der Waals surface area (Å²) in [6.45, 7) is 0. The SMILES string of the molecule is N#CCC(Sc1ncccn1)c1ccccc1. The summed E-state index contributed by atoms with van der Waals surface area (Å²) >= 11 is 1.52. The third-order valence-electron chi connectivity index (χ3n) is 2.24. The molecule has 0 aliphatic rings. The van der Waals surface area contributed by atoms with Crippen LogP contribution in [0.25, 0.3) is 0 Å². The van der Waals surface area contributed by atoms with E-state index in [-0.39, 0.29) is 5.25 Å². The maximum atomic E-state index is 8.87. The molecule has 0 fully saturated rings. The van der Waals surface area contributed by atoms with Gasteiger partial charge in [0.1, 0.15) is 0 Å². The van der Waals surface area contributed by atoms with Crippen molar-refractivity contribution < 1.29 is 0 Å². The zero-order chi connectivity index (χ0) is 11.9. The summed E-state index contributed by atoms with van der Waals surface area (Å²) < 4.78 is 0. The number of nitrogens with zero attached hydrogens (tertiary/aromatic N) is 3. The number of benzene rings is 1. The zero-order valence-corrected chi connectivity index (χ0v) is 9.97. The predicted octanol–water partition coefficient (Wildman–Crippen LogP) is 3.22. The van der Waals surface area contributed by atoms with Crippen molar-refractivity contribution in [1.82, 2.24) is 9.97 Å². The number of thioether (sulfide) groups is 1. The molecular weight excluding hydrogens is 230 g/mol. The molecule has 1 unspecified atom stereocenters. The lowest BCUT2D eigenvalue weighted by Crippen LogP contribution is -1.95. The van der Waals surface area contributed by atoms with Crippen LogP contribution in [0.1, 0.15) is 17.2 Å². The third-order valence-corrected chi connectivity index (χ3v) is 3.38. The van der Waals surface area contributed by atoms with E-state index in [9.17, 15) is 0 Å². The Morgan fingerprint density at radius 2 is 1.82 bits per heavy atom. The van der Waals surface area contributed by atoms with E-state index in [1.54, 1.807) is 18.5 Å². The third kappa shape index (κ3) is 3.30. The maximum Gasteiger partial charge on any atom is 0.188 e. The van der Waals surface area contributed by atoms with Gasteiger partial charge in [0.15, 0.2) is 5.16 Å². The van der Waals surface area contributed by atoms with Gasteiger partial charge in [-0.05, 0) is 11.6 Å². The fraction of sp³-hybridized carbons (Fsp3) is 0.154. The second kappa shape index (κ2) is 6.02. The number of aromatic nitrogens is 2. The van der Waals surface area contributed by atoms with Crippen LogP contribution in [0, 0.1) is 11.3 Å². The highest BCUT2D eigenvalue weighted by Gasteiger charge is 2.13. The molecule has 0 bridgehead atoms. The molecule has 0 amide bonds. The van der Waals surface area contributed by atoms with Crippen LogP contribution in [0.2, 0.25) is 0 Å². The van der Waals surface area contributed by atoms with Crippen LogP contribution >= 0.6 is 11.8 Å². The van der Waals surface area contributed by atoms with Gasteiger partial charge in [-0.2, -0.15) is 5.26 Å². The Morgan fingerprint density at radius 1 is 1.12 bits per heavy atom. The number of nitriles is 1. The van der Waals surface area contributed by atoms with Crippen LogP contribution in [0.15, 0.2) is 53.9 Å². The minimum atomic E-state index is 0.0867. The molecule has 0 aliphatic heterocycles. The highest BCUT2D eigenvalue weighted by atomic mass is 32.2. The highest BCUT2D eigenvalue weighted by molar-refractivity contribution is 7.99. The van der Waals surface area contributed by atoms with E-state index in [1.807, 2.05) is 30.3 Å². The molecule has 0 saturated carbocycles. The second-order valence-corrected chi connectivity index (χ2v) is 4.58. The largest absolute Gasteiger partial charge is 0.231 e. The monoisotopic (exact) mass is 241 g/mol. The fourth-order valence-electron chi connectivity index (χ4n) is 1.45. The topological polar surface area (TPSA) is 49.6 Å². The summed E-state index contributed by atoms with van der Waals surface area (Å²) in [5, 5.41) is 9.66.